The van der Waals surface area contributed by atoms with Crippen molar-refractivity contribution in [1.82, 2.24) is 0 Å². The van der Waals surface area contributed by atoms with Gasteiger partial charge in [-0.1, -0.05) is 12.1 Å². The minimum Gasteiger partial charge on any atom is -0.496 e. The van der Waals surface area contributed by atoms with Crippen LogP contribution >= 0.6 is 7.82 Å². The second kappa shape index (κ2) is 5.91. The Bertz CT molecular complexity index is 690. The molecule has 0 radical (unpaired) electrons. The largest absolute Gasteiger partial charge is 0.524 e. The van der Waals surface area contributed by atoms with Crippen LogP contribution in [0.15, 0.2) is 29.8 Å². The van der Waals surface area contributed by atoms with Crippen molar-refractivity contribution in [1.29, 1.82) is 0 Å². The second-order valence-corrected chi connectivity index (χ2v) is 8.57. The standard InChI is InChI=1S/C18H23O5P/c1-22-18(13-3-2-4-16(10-13)23-24(19,20)21)17-14-6-11-5-12(8-14)9-15(17)7-11/h2-4,10-12,14-15H,5-9H2,1H3,(H2,19,20,21). The smallest absolute Gasteiger partial charge is 0.496 e. The molecule has 0 amide bonds. The fraction of sp³-hybridized carbons (Fsp3) is 0.556. The first kappa shape index (κ1) is 16.2. The van der Waals surface area contributed by atoms with Gasteiger partial charge >= 0.3 is 7.82 Å². The highest BCUT2D eigenvalue weighted by molar-refractivity contribution is 7.46. The molecule has 1 aromatic rings. The lowest BCUT2D eigenvalue weighted by atomic mass is 9.54. The maximum absolute atomic E-state index is 11.1. The van der Waals surface area contributed by atoms with Gasteiger partial charge < -0.3 is 9.26 Å². The highest BCUT2D eigenvalue weighted by atomic mass is 31.2. The van der Waals surface area contributed by atoms with Crippen LogP contribution in [-0.2, 0) is 9.30 Å². The van der Waals surface area contributed by atoms with Crippen molar-refractivity contribution in [3.63, 3.8) is 0 Å². The van der Waals surface area contributed by atoms with Gasteiger partial charge in [0.25, 0.3) is 0 Å². The molecule has 5 rings (SSSR count). The second-order valence-electron chi connectivity index (χ2n) is 7.40. The third kappa shape index (κ3) is 3.01. The Morgan fingerprint density at radius 2 is 1.71 bits per heavy atom. The lowest BCUT2D eigenvalue weighted by molar-refractivity contribution is 0.0675. The van der Waals surface area contributed by atoms with Crippen LogP contribution in [0.25, 0.3) is 5.76 Å². The number of rotatable bonds is 4. The van der Waals surface area contributed by atoms with Crippen molar-refractivity contribution in [3.05, 3.63) is 35.4 Å². The minimum absolute atomic E-state index is 0.166. The molecule has 2 N–H and O–H groups in total. The van der Waals surface area contributed by atoms with E-state index < -0.39 is 7.82 Å². The van der Waals surface area contributed by atoms with Crippen molar-refractivity contribution in [2.45, 2.75) is 32.1 Å². The fourth-order valence-electron chi connectivity index (χ4n) is 5.30. The van der Waals surface area contributed by atoms with Crippen molar-refractivity contribution >= 4 is 13.6 Å². The maximum atomic E-state index is 11.1. The van der Waals surface area contributed by atoms with Crippen LogP contribution in [0, 0.1) is 23.7 Å². The molecule has 5 nitrogen and oxygen atoms in total. The molecule has 130 valence electrons. The summed E-state index contributed by atoms with van der Waals surface area (Å²) in [5.74, 6) is 3.99. The Morgan fingerprint density at radius 3 is 2.25 bits per heavy atom. The number of hydrogen-bond acceptors (Lipinski definition) is 3. The van der Waals surface area contributed by atoms with Crippen molar-refractivity contribution in [2.24, 2.45) is 23.7 Å². The number of phosphoric ester groups is 1. The van der Waals surface area contributed by atoms with Gasteiger partial charge in [0, 0.05) is 5.56 Å². The van der Waals surface area contributed by atoms with Crippen LogP contribution in [0.3, 0.4) is 0 Å². The van der Waals surface area contributed by atoms with E-state index in [0.29, 0.717) is 11.8 Å². The number of benzene rings is 1. The summed E-state index contributed by atoms with van der Waals surface area (Å²) in [6, 6.07) is 6.88. The van der Waals surface area contributed by atoms with Gasteiger partial charge in [-0.2, -0.15) is 0 Å². The first-order valence-corrected chi connectivity index (χ1v) is 10.1. The van der Waals surface area contributed by atoms with Crippen LogP contribution in [0.2, 0.25) is 0 Å². The fourth-order valence-corrected chi connectivity index (χ4v) is 5.68. The number of hydrogen-bond donors (Lipinski definition) is 2. The van der Waals surface area contributed by atoms with Gasteiger partial charge in [-0.05, 0) is 73.5 Å². The molecule has 0 aromatic heterocycles. The molecular weight excluding hydrogens is 327 g/mol. The topological polar surface area (TPSA) is 76.0 Å². The molecule has 0 aliphatic heterocycles. The van der Waals surface area contributed by atoms with E-state index in [-0.39, 0.29) is 5.75 Å². The van der Waals surface area contributed by atoms with E-state index in [4.69, 9.17) is 19.0 Å². The van der Waals surface area contributed by atoms with Gasteiger partial charge in [0.2, 0.25) is 0 Å². The van der Waals surface area contributed by atoms with Crippen molar-refractivity contribution in [2.75, 3.05) is 7.11 Å². The molecule has 0 spiro atoms. The van der Waals surface area contributed by atoms with Gasteiger partial charge in [-0.25, -0.2) is 4.57 Å². The zero-order valence-electron chi connectivity index (χ0n) is 13.7. The molecule has 24 heavy (non-hydrogen) atoms. The van der Waals surface area contributed by atoms with Crippen LogP contribution in [0.1, 0.15) is 37.7 Å². The Hall–Kier alpha value is -1.29. The molecule has 4 aliphatic carbocycles. The van der Waals surface area contributed by atoms with E-state index in [1.165, 1.54) is 37.7 Å². The molecule has 4 saturated carbocycles. The summed E-state index contributed by atoms with van der Waals surface area (Å²) in [6.07, 6.45) is 6.43. The number of allylic oxidation sites excluding steroid dienone is 1. The van der Waals surface area contributed by atoms with Gasteiger partial charge in [-0.15, -0.1) is 0 Å². The van der Waals surface area contributed by atoms with Gasteiger partial charge in [0.15, 0.2) is 0 Å². The molecule has 0 saturated heterocycles. The summed E-state index contributed by atoms with van der Waals surface area (Å²) < 4.78 is 21.6. The highest BCUT2D eigenvalue weighted by Crippen LogP contribution is 2.58. The van der Waals surface area contributed by atoms with Gasteiger partial charge in [-0.3, -0.25) is 9.79 Å². The quantitative estimate of drug-likeness (QED) is 0.635. The lowest BCUT2D eigenvalue weighted by Crippen LogP contribution is -2.40. The van der Waals surface area contributed by atoms with Crippen molar-refractivity contribution in [3.8, 4) is 5.75 Å². The summed E-state index contributed by atoms with van der Waals surface area (Å²) >= 11 is 0. The van der Waals surface area contributed by atoms with Crippen LogP contribution in [-0.4, -0.2) is 16.9 Å². The molecule has 0 unspecified atom stereocenters. The van der Waals surface area contributed by atoms with Crippen LogP contribution < -0.4 is 4.52 Å². The van der Waals surface area contributed by atoms with E-state index in [9.17, 15) is 4.57 Å². The summed E-state index contributed by atoms with van der Waals surface area (Å²) in [6.45, 7) is 0. The first-order valence-electron chi connectivity index (χ1n) is 8.56. The Morgan fingerprint density at radius 1 is 1.08 bits per heavy atom. The summed E-state index contributed by atoms with van der Waals surface area (Å²) in [5, 5.41) is 0. The molecule has 6 heteroatoms. The Balaban J connectivity index is 1.71. The number of ether oxygens (including phenoxy) is 1. The molecule has 4 aliphatic rings. The predicted molar refractivity (Wildman–Crippen MR) is 90.1 cm³/mol. The predicted octanol–water partition coefficient (Wildman–Crippen LogP) is 3.97. The van der Waals surface area contributed by atoms with E-state index in [0.717, 1.165) is 23.2 Å². The Labute approximate surface area is 141 Å². The molecule has 0 heterocycles. The highest BCUT2D eigenvalue weighted by Gasteiger charge is 2.46. The van der Waals surface area contributed by atoms with E-state index in [1.807, 2.05) is 6.07 Å². The van der Waals surface area contributed by atoms with Crippen molar-refractivity contribution < 1.29 is 23.6 Å². The van der Waals surface area contributed by atoms with E-state index in [2.05, 4.69) is 0 Å². The third-order valence-electron chi connectivity index (χ3n) is 5.80. The molecule has 4 fully saturated rings. The average molecular weight is 350 g/mol. The van der Waals surface area contributed by atoms with Crippen LogP contribution in [0.4, 0.5) is 0 Å². The van der Waals surface area contributed by atoms with Crippen LogP contribution in [0.5, 0.6) is 5.75 Å². The molecule has 1 aromatic carbocycles. The lowest BCUT2D eigenvalue weighted by Gasteiger charge is -2.51. The molecular formula is C18H23O5P. The average Bonchev–Trinajstić information content (AvgIpc) is 2.48. The normalized spacial score (nSPS) is 31.2. The monoisotopic (exact) mass is 350 g/mol. The zero-order valence-corrected chi connectivity index (χ0v) is 14.6. The number of methoxy groups -OCH3 is 1. The zero-order chi connectivity index (χ0) is 16.9. The van der Waals surface area contributed by atoms with Gasteiger partial charge in [0.05, 0.1) is 7.11 Å². The SMILES string of the molecule is COC(=C1C2CC3CC(C2)CC1C3)c1cccc(OP(=O)(O)O)c1. The molecule has 4 bridgehead atoms. The van der Waals surface area contributed by atoms with E-state index in [1.54, 1.807) is 25.3 Å². The third-order valence-corrected chi connectivity index (χ3v) is 6.25. The van der Waals surface area contributed by atoms with E-state index >= 15 is 0 Å². The summed E-state index contributed by atoms with van der Waals surface area (Å²) in [4.78, 5) is 18.0. The summed E-state index contributed by atoms with van der Waals surface area (Å²) in [7, 11) is -2.87. The maximum Gasteiger partial charge on any atom is 0.524 e. The first-order chi connectivity index (χ1) is 11.4. The number of phosphoric acid groups is 1. The summed E-state index contributed by atoms with van der Waals surface area (Å²) in [5.41, 5.74) is 2.25. The van der Waals surface area contributed by atoms with Gasteiger partial charge in [0.1, 0.15) is 11.5 Å². The Kier molecular flexibility index (Phi) is 3.98. The minimum atomic E-state index is -4.56. The molecule has 0 atom stereocenters.